The van der Waals surface area contributed by atoms with Crippen molar-refractivity contribution in [1.29, 1.82) is 0 Å². The normalized spacial score (nSPS) is 17.8. The van der Waals surface area contributed by atoms with Gasteiger partial charge in [-0.3, -0.25) is 4.79 Å². The smallest absolute Gasteiger partial charge is 0.245 e. The summed E-state index contributed by atoms with van der Waals surface area (Å²) in [5.74, 6) is 0.715. The third-order valence-corrected chi connectivity index (χ3v) is 4.05. The molecule has 2 aromatic heterocycles. The number of nitrogens with zero attached hydrogens (tertiary/aromatic N) is 4. The summed E-state index contributed by atoms with van der Waals surface area (Å²) >= 11 is 0. The fourth-order valence-corrected chi connectivity index (χ4v) is 2.87. The molecule has 7 heteroatoms. The van der Waals surface area contributed by atoms with Gasteiger partial charge in [0.05, 0.1) is 6.33 Å². The summed E-state index contributed by atoms with van der Waals surface area (Å²) in [4.78, 5) is 29.9. The molecule has 1 amide bonds. The molecule has 0 radical (unpaired) electrons. The molecule has 1 saturated heterocycles. The van der Waals surface area contributed by atoms with E-state index in [9.17, 15) is 4.79 Å². The van der Waals surface area contributed by atoms with Crippen LogP contribution in [-0.2, 0) is 11.3 Å². The molecule has 4 rings (SSSR count). The number of likely N-dealkylation sites (tertiary alicyclic amines) is 1. The Morgan fingerprint density at radius 3 is 2.96 bits per heavy atom. The Bertz CT molecular complexity index is 831. The first-order valence-corrected chi connectivity index (χ1v) is 7.54. The first kappa shape index (κ1) is 13.7. The summed E-state index contributed by atoms with van der Waals surface area (Å²) in [6.45, 7) is 1.38. The van der Waals surface area contributed by atoms with Crippen LogP contribution in [0.25, 0.3) is 11.2 Å². The van der Waals surface area contributed by atoms with Crippen molar-refractivity contribution in [2.45, 2.75) is 19.0 Å². The van der Waals surface area contributed by atoms with Gasteiger partial charge in [0.2, 0.25) is 5.91 Å². The molecule has 3 aromatic rings. The average Bonchev–Trinajstić information content (AvgIpc) is 3.18. The van der Waals surface area contributed by atoms with Gasteiger partial charge in [-0.2, -0.15) is 0 Å². The van der Waals surface area contributed by atoms with Crippen molar-refractivity contribution in [1.82, 2.24) is 24.8 Å². The van der Waals surface area contributed by atoms with Gasteiger partial charge in [0.25, 0.3) is 0 Å². The van der Waals surface area contributed by atoms with Crippen LogP contribution in [0.1, 0.15) is 12.0 Å². The average molecular weight is 308 g/mol. The molecule has 0 aliphatic carbocycles. The van der Waals surface area contributed by atoms with Crippen LogP contribution in [0.4, 0.5) is 5.82 Å². The number of benzene rings is 1. The molecule has 1 atom stereocenters. The molecule has 0 saturated carbocycles. The van der Waals surface area contributed by atoms with E-state index in [0.29, 0.717) is 18.0 Å². The SMILES string of the molecule is O=C1[C@H](Nc2ncnc3nc[nH]c23)CCN1Cc1ccccc1. The van der Waals surface area contributed by atoms with Crippen LogP contribution in [0.5, 0.6) is 0 Å². The summed E-state index contributed by atoms with van der Waals surface area (Å²) in [6, 6.07) is 9.76. The van der Waals surface area contributed by atoms with Crippen molar-refractivity contribution >= 4 is 22.9 Å². The maximum Gasteiger partial charge on any atom is 0.245 e. The third-order valence-electron chi connectivity index (χ3n) is 4.05. The van der Waals surface area contributed by atoms with Crippen LogP contribution in [0, 0.1) is 0 Å². The van der Waals surface area contributed by atoms with E-state index in [2.05, 4.69) is 25.3 Å². The molecule has 1 aromatic carbocycles. The van der Waals surface area contributed by atoms with Gasteiger partial charge >= 0.3 is 0 Å². The number of fused-ring (bicyclic) bond motifs is 1. The Morgan fingerprint density at radius 1 is 1.22 bits per heavy atom. The number of carbonyl (C=O) groups excluding carboxylic acids is 1. The molecule has 116 valence electrons. The number of carbonyl (C=O) groups is 1. The molecule has 23 heavy (non-hydrogen) atoms. The highest BCUT2D eigenvalue weighted by Gasteiger charge is 2.32. The number of amides is 1. The van der Waals surface area contributed by atoms with Gasteiger partial charge in [0, 0.05) is 13.1 Å². The van der Waals surface area contributed by atoms with E-state index in [1.54, 1.807) is 6.33 Å². The fraction of sp³-hybridized carbons (Fsp3) is 0.250. The molecule has 1 fully saturated rings. The van der Waals surface area contributed by atoms with E-state index in [1.165, 1.54) is 6.33 Å². The highest BCUT2D eigenvalue weighted by atomic mass is 16.2. The van der Waals surface area contributed by atoms with Crippen LogP contribution in [0.15, 0.2) is 43.0 Å². The van der Waals surface area contributed by atoms with Crippen LogP contribution < -0.4 is 5.32 Å². The predicted octanol–water partition coefficient (Wildman–Crippen LogP) is 1.57. The molecule has 0 spiro atoms. The zero-order chi connectivity index (χ0) is 15.6. The molecular weight excluding hydrogens is 292 g/mol. The van der Waals surface area contributed by atoms with Gasteiger partial charge in [0.1, 0.15) is 17.9 Å². The monoisotopic (exact) mass is 308 g/mol. The lowest BCUT2D eigenvalue weighted by Crippen LogP contribution is -2.33. The first-order valence-electron chi connectivity index (χ1n) is 7.54. The Kier molecular flexibility index (Phi) is 3.38. The molecule has 3 heterocycles. The van der Waals surface area contributed by atoms with Crippen molar-refractivity contribution < 1.29 is 4.79 Å². The number of rotatable bonds is 4. The number of aromatic nitrogens is 4. The Balaban J connectivity index is 1.49. The van der Waals surface area contributed by atoms with Gasteiger partial charge in [0.15, 0.2) is 11.5 Å². The minimum Gasteiger partial charge on any atom is -0.356 e. The lowest BCUT2D eigenvalue weighted by molar-refractivity contribution is -0.128. The second-order valence-corrected chi connectivity index (χ2v) is 5.55. The topological polar surface area (TPSA) is 86.8 Å². The van der Waals surface area contributed by atoms with Gasteiger partial charge in [-0.05, 0) is 12.0 Å². The zero-order valence-corrected chi connectivity index (χ0v) is 12.4. The second-order valence-electron chi connectivity index (χ2n) is 5.55. The number of imidazole rings is 1. The summed E-state index contributed by atoms with van der Waals surface area (Å²) in [7, 11) is 0. The molecule has 2 N–H and O–H groups in total. The van der Waals surface area contributed by atoms with Crippen molar-refractivity contribution in [3.05, 3.63) is 48.5 Å². The summed E-state index contributed by atoms with van der Waals surface area (Å²) in [6.07, 6.45) is 3.78. The van der Waals surface area contributed by atoms with Gasteiger partial charge in [-0.25, -0.2) is 15.0 Å². The number of aromatic amines is 1. The van der Waals surface area contributed by atoms with E-state index in [4.69, 9.17) is 0 Å². The minimum absolute atomic E-state index is 0.0973. The number of nitrogens with one attached hydrogen (secondary N) is 2. The number of H-pyrrole nitrogens is 1. The second kappa shape index (κ2) is 5.68. The van der Waals surface area contributed by atoms with Gasteiger partial charge in [-0.15, -0.1) is 0 Å². The number of hydrogen-bond acceptors (Lipinski definition) is 5. The number of hydrogen-bond donors (Lipinski definition) is 2. The Morgan fingerprint density at radius 2 is 2.09 bits per heavy atom. The molecule has 1 aliphatic rings. The molecule has 0 bridgehead atoms. The molecule has 1 aliphatic heterocycles. The largest absolute Gasteiger partial charge is 0.356 e. The van der Waals surface area contributed by atoms with E-state index < -0.39 is 0 Å². The van der Waals surface area contributed by atoms with E-state index in [0.717, 1.165) is 24.0 Å². The number of anilines is 1. The fourth-order valence-electron chi connectivity index (χ4n) is 2.87. The third kappa shape index (κ3) is 2.61. The lowest BCUT2D eigenvalue weighted by atomic mass is 10.2. The van der Waals surface area contributed by atoms with Crippen LogP contribution >= 0.6 is 0 Å². The van der Waals surface area contributed by atoms with Gasteiger partial charge in [-0.1, -0.05) is 30.3 Å². The minimum atomic E-state index is -0.264. The molecular formula is C16H16N6O. The predicted molar refractivity (Wildman–Crippen MR) is 85.6 cm³/mol. The highest BCUT2D eigenvalue weighted by molar-refractivity contribution is 5.89. The van der Waals surface area contributed by atoms with Crippen molar-refractivity contribution in [2.24, 2.45) is 0 Å². The highest BCUT2D eigenvalue weighted by Crippen LogP contribution is 2.21. The Hall–Kier alpha value is -2.96. The van der Waals surface area contributed by atoms with Crippen molar-refractivity contribution in [3.63, 3.8) is 0 Å². The zero-order valence-electron chi connectivity index (χ0n) is 12.4. The van der Waals surface area contributed by atoms with Crippen LogP contribution in [0.2, 0.25) is 0 Å². The standard InChI is InChI=1S/C16H16N6O/c23-16-12(6-7-22(16)8-11-4-2-1-3-5-11)21-15-13-14(18-9-17-13)19-10-20-15/h1-5,9-10,12H,6-8H2,(H2,17,18,19,20,21)/t12-/m1/s1. The maximum atomic E-state index is 12.6. The van der Waals surface area contributed by atoms with E-state index >= 15 is 0 Å². The molecule has 0 unspecified atom stereocenters. The quantitative estimate of drug-likeness (QED) is 0.764. The van der Waals surface area contributed by atoms with Crippen molar-refractivity contribution in [2.75, 3.05) is 11.9 Å². The Labute approximate surface area is 132 Å². The summed E-state index contributed by atoms with van der Waals surface area (Å²) < 4.78 is 0. The van der Waals surface area contributed by atoms with E-state index in [-0.39, 0.29) is 11.9 Å². The first-order chi connectivity index (χ1) is 11.3. The summed E-state index contributed by atoms with van der Waals surface area (Å²) in [5.41, 5.74) is 2.45. The van der Waals surface area contributed by atoms with Crippen LogP contribution in [-0.4, -0.2) is 43.3 Å². The molecule has 7 nitrogen and oxygen atoms in total. The lowest BCUT2D eigenvalue weighted by Gasteiger charge is -2.17. The van der Waals surface area contributed by atoms with Crippen LogP contribution in [0.3, 0.4) is 0 Å². The van der Waals surface area contributed by atoms with Crippen molar-refractivity contribution in [3.8, 4) is 0 Å². The van der Waals surface area contributed by atoms with E-state index in [1.807, 2.05) is 35.2 Å². The summed E-state index contributed by atoms with van der Waals surface area (Å²) in [5, 5.41) is 3.22. The maximum absolute atomic E-state index is 12.6. The van der Waals surface area contributed by atoms with Gasteiger partial charge < -0.3 is 15.2 Å².